The predicted molar refractivity (Wildman–Crippen MR) is 92.5 cm³/mol. The summed E-state index contributed by atoms with van der Waals surface area (Å²) in [5, 5.41) is 4.36. The van der Waals surface area contributed by atoms with Crippen LogP contribution in [0.25, 0.3) is 0 Å². The Labute approximate surface area is 147 Å². The second kappa shape index (κ2) is 6.78. The van der Waals surface area contributed by atoms with Gasteiger partial charge in [0.15, 0.2) is 11.5 Å². The summed E-state index contributed by atoms with van der Waals surface area (Å²) in [6, 6.07) is 5.73. The number of likely N-dealkylation sites (tertiary alicyclic amines) is 1. The van der Waals surface area contributed by atoms with Gasteiger partial charge >= 0.3 is 0 Å². The summed E-state index contributed by atoms with van der Waals surface area (Å²) < 4.78 is 12.7. The lowest BCUT2D eigenvalue weighted by Gasteiger charge is -2.32. The molecule has 2 aliphatic rings. The van der Waals surface area contributed by atoms with Crippen molar-refractivity contribution in [3.63, 3.8) is 0 Å². The Balaban J connectivity index is 1.29. The normalized spacial score (nSPS) is 17.1. The zero-order chi connectivity index (χ0) is 17.2. The first-order chi connectivity index (χ1) is 12.2. The van der Waals surface area contributed by atoms with E-state index in [0.29, 0.717) is 12.3 Å². The van der Waals surface area contributed by atoms with Gasteiger partial charge in [0.2, 0.25) is 12.7 Å². The topological polar surface area (TPSA) is 56.6 Å². The highest BCUT2D eigenvalue weighted by atomic mass is 16.7. The fourth-order valence-electron chi connectivity index (χ4n) is 3.53. The Kier molecular flexibility index (Phi) is 4.34. The van der Waals surface area contributed by atoms with Crippen LogP contribution in [0.1, 0.15) is 24.0 Å². The maximum atomic E-state index is 12.6. The molecule has 1 fully saturated rings. The zero-order valence-electron chi connectivity index (χ0n) is 14.5. The number of amides is 1. The highest BCUT2D eigenvalue weighted by molar-refractivity contribution is 5.79. The number of piperidine rings is 1. The van der Waals surface area contributed by atoms with E-state index in [9.17, 15) is 4.79 Å². The summed E-state index contributed by atoms with van der Waals surface area (Å²) in [5.41, 5.74) is 2.17. The molecule has 2 aliphatic heterocycles. The Morgan fingerprint density at radius 2 is 2.04 bits per heavy atom. The number of rotatable bonds is 4. The van der Waals surface area contributed by atoms with Crippen molar-refractivity contribution in [2.24, 2.45) is 5.92 Å². The Bertz CT molecular complexity index is 763. The number of hydrogen-bond acceptors (Lipinski definition) is 4. The third-order valence-electron chi connectivity index (χ3n) is 4.97. The smallest absolute Gasteiger partial charge is 0.231 e. The monoisotopic (exact) mass is 341 g/mol. The molecule has 1 amide bonds. The van der Waals surface area contributed by atoms with Crippen LogP contribution in [0, 0.1) is 12.8 Å². The highest BCUT2D eigenvalue weighted by Crippen LogP contribution is 2.32. The minimum atomic E-state index is 0.187. The summed E-state index contributed by atoms with van der Waals surface area (Å²) in [6.07, 6.45) is 6.46. The lowest BCUT2D eigenvalue weighted by atomic mass is 9.96. The van der Waals surface area contributed by atoms with E-state index in [4.69, 9.17) is 9.47 Å². The number of ether oxygens (including phenoxy) is 2. The molecule has 2 aromatic rings. The van der Waals surface area contributed by atoms with Crippen molar-refractivity contribution in [2.45, 2.75) is 32.7 Å². The van der Waals surface area contributed by atoms with Crippen LogP contribution < -0.4 is 9.47 Å². The molecule has 3 heterocycles. The van der Waals surface area contributed by atoms with Gasteiger partial charge in [0.25, 0.3) is 0 Å². The quantitative estimate of drug-likeness (QED) is 0.857. The summed E-state index contributed by atoms with van der Waals surface area (Å²) in [4.78, 5) is 14.6. The van der Waals surface area contributed by atoms with E-state index >= 15 is 0 Å². The third-order valence-corrected chi connectivity index (χ3v) is 4.97. The van der Waals surface area contributed by atoms with Gasteiger partial charge in [0, 0.05) is 25.8 Å². The van der Waals surface area contributed by atoms with Crippen LogP contribution in [-0.2, 0) is 17.8 Å². The number of fused-ring (bicyclic) bond motifs is 1. The molecule has 0 aliphatic carbocycles. The van der Waals surface area contributed by atoms with E-state index < -0.39 is 0 Å². The molecular weight excluding hydrogens is 318 g/mol. The third kappa shape index (κ3) is 3.62. The molecule has 1 aromatic carbocycles. The molecule has 0 bridgehead atoms. The van der Waals surface area contributed by atoms with E-state index in [2.05, 4.69) is 18.2 Å². The fourth-order valence-corrected chi connectivity index (χ4v) is 3.53. The van der Waals surface area contributed by atoms with Gasteiger partial charge in [-0.25, -0.2) is 0 Å². The standard InChI is InChI=1S/C19H23N3O3/c1-14-10-20-22(11-14)12-15-4-6-21(7-5-15)19(23)9-16-2-3-17-18(8-16)25-13-24-17/h2-3,8,10-11,15H,4-7,9,12-13H2,1H3. The zero-order valence-corrected chi connectivity index (χ0v) is 14.5. The van der Waals surface area contributed by atoms with Gasteiger partial charge in [0.05, 0.1) is 12.6 Å². The maximum Gasteiger partial charge on any atom is 0.231 e. The van der Waals surface area contributed by atoms with Gasteiger partial charge in [-0.3, -0.25) is 9.48 Å². The second-order valence-electron chi connectivity index (χ2n) is 6.93. The summed E-state index contributed by atoms with van der Waals surface area (Å²) in [7, 11) is 0. The summed E-state index contributed by atoms with van der Waals surface area (Å²) in [6.45, 7) is 4.91. The van der Waals surface area contributed by atoms with Crippen LogP contribution in [0.2, 0.25) is 0 Å². The van der Waals surface area contributed by atoms with E-state index in [-0.39, 0.29) is 12.7 Å². The lowest BCUT2D eigenvalue weighted by Crippen LogP contribution is -2.40. The number of aromatic nitrogens is 2. The highest BCUT2D eigenvalue weighted by Gasteiger charge is 2.24. The predicted octanol–water partition coefficient (Wildman–Crippen LogP) is 2.40. The SMILES string of the molecule is Cc1cnn(CC2CCN(C(=O)Cc3ccc4c(c3)OCO4)CC2)c1. The Hall–Kier alpha value is -2.50. The van der Waals surface area contributed by atoms with Crippen molar-refractivity contribution in [1.29, 1.82) is 0 Å². The van der Waals surface area contributed by atoms with Gasteiger partial charge in [-0.1, -0.05) is 6.07 Å². The van der Waals surface area contributed by atoms with Crippen LogP contribution in [0.3, 0.4) is 0 Å². The molecule has 0 N–H and O–H groups in total. The van der Waals surface area contributed by atoms with Crippen LogP contribution >= 0.6 is 0 Å². The summed E-state index contributed by atoms with van der Waals surface area (Å²) in [5.74, 6) is 2.27. The van der Waals surface area contributed by atoms with E-state index in [0.717, 1.165) is 49.5 Å². The number of carbonyl (C=O) groups is 1. The molecule has 0 atom stereocenters. The van der Waals surface area contributed by atoms with Crippen LogP contribution in [-0.4, -0.2) is 40.5 Å². The van der Waals surface area contributed by atoms with Crippen LogP contribution in [0.4, 0.5) is 0 Å². The average molecular weight is 341 g/mol. The van der Waals surface area contributed by atoms with Gasteiger partial charge < -0.3 is 14.4 Å². The van der Waals surface area contributed by atoms with Crippen molar-refractivity contribution >= 4 is 5.91 Å². The molecule has 6 heteroatoms. The van der Waals surface area contributed by atoms with Gasteiger partial charge in [-0.05, 0) is 48.9 Å². The minimum absolute atomic E-state index is 0.187. The van der Waals surface area contributed by atoms with E-state index in [1.165, 1.54) is 5.56 Å². The molecule has 25 heavy (non-hydrogen) atoms. The second-order valence-corrected chi connectivity index (χ2v) is 6.93. The molecule has 1 aromatic heterocycles. The first-order valence-corrected chi connectivity index (χ1v) is 8.83. The number of aryl methyl sites for hydroxylation is 1. The van der Waals surface area contributed by atoms with Crippen molar-refractivity contribution in [2.75, 3.05) is 19.9 Å². The van der Waals surface area contributed by atoms with E-state index in [1.54, 1.807) is 0 Å². The van der Waals surface area contributed by atoms with Crippen molar-refractivity contribution in [3.8, 4) is 11.5 Å². The molecular formula is C19H23N3O3. The Morgan fingerprint density at radius 1 is 1.24 bits per heavy atom. The number of carbonyl (C=O) groups excluding carboxylic acids is 1. The fraction of sp³-hybridized carbons (Fsp3) is 0.474. The molecule has 4 rings (SSSR count). The van der Waals surface area contributed by atoms with Crippen LogP contribution in [0.15, 0.2) is 30.6 Å². The largest absolute Gasteiger partial charge is 0.454 e. The molecule has 0 spiro atoms. The minimum Gasteiger partial charge on any atom is -0.454 e. The van der Waals surface area contributed by atoms with Crippen molar-refractivity contribution in [1.82, 2.24) is 14.7 Å². The number of benzene rings is 1. The van der Waals surface area contributed by atoms with Gasteiger partial charge in [0.1, 0.15) is 0 Å². The molecule has 1 saturated heterocycles. The number of hydrogen-bond donors (Lipinski definition) is 0. The van der Waals surface area contributed by atoms with Gasteiger partial charge in [-0.2, -0.15) is 5.10 Å². The van der Waals surface area contributed by atoms with Gasteiger partial charge in [-0.15, -0.1) is 0 Å². The molecule has 6 nitrogen and oxygen atoms in total. The molecule has 132 valence electrons. The maximum absolute atomic E-state index is 12.6. The number of nitrogens with zero attached hydrogens (tertiary/aromatic N) is 3. The average Bonchev–Trinajstić information content (AvgIpc) is 3.24. The summed E-state index contributed by atoms with van der Waals surface area (Å²) >= 11 is 0. The molecule has 0 saturated carbocycles. The van der Waals surface area contributed by atoms with Crippen molar-refractivity contribution < 1.29 is 14.3 Å². The molecule has 0 radical (unpaired) electrons. The first-order valence-electron chi connectivity index (χ1n) is 8.83. The van der Waals surface area contributed by atoms with E-state index in [1.807, 2.05) is 34.0 Å². The molecule has 0 unspecified atom stereocenters. The van der Waals surface area contributed by atoms with Crippen molar-refractivity contribution in [3.05, 3.63) is 41.7 Å². The first kappa shape index (κ1) is 16.0. The van der Waals surface area contributed by atoms with Crippen LogP contribution in [0.5, 0.6) is 11.5 Å². The Morgan fingerprint density at radius 3 is 2.80 bits per heavy atom. The lowest BCUT2D eigenvalue weighted by molar-refractivity contribution is -0.131.